The summed E-state index contributed by atoms with van der Waals surface area (Å²) in [6.07, 6.45) is -8.96. The lowest BCUT2D eigenvalue weighted by atomic mass is 10.2. The smallest absolute Gasteiger partial charge is 0.276 e. The molecule has 2 aromatic carbocycles. The summed E-state index contributed by atoms with van der Waals surface area (Å²) in [5.41, 5.74) is 0.849. The van der Waals surface area contributed by atoms with Crippen LogP contribution in [0.4, 0.5) is 37.7 Å². The standard InChI is InChI=1S/C16H9F6N5/c17-15(18,19)10-1-5-12(6-2-10)24-26-14(9-23)27-25-13-7-3-11(4-8-13)16(20,21)22/h1-8,24H/b26-14-,27-25?. The molecule has 0 saturated carbocycles. The number of hydrazone groups is 1. The first kappa shape index (κ1) is 19.9. The third kappa shape index (κ3) is 5.81. The molecule has 0 amide bonds. The number of nitrogens with one attached hydrogen (secondary N) is 1. The van der Waals surface area contributed by atoms with E-state index >= 15 is 0 Å². The van der Waals surface area contributed by atoms with Gasteiger partial charge in [-0.3, -0.25) is 5.43 Å². The number of azo groups is 1. The van der Waals surface area contributed by atoms with Gasteiger partial charge in [0, 0.05) is 0 Å². The molecule has 0 aromatic heterocycles. The highest BCUT2D eigenvalue weighted by atomic mass is 19.4. The van der Waals surface area contributed by atoms with E-state index in [0.717, 1.165) is 48.5 Å². The fraction of sp³-hybridized carbons (Fsp3) is 0.125. The van der Waals surface area contributed by atoms with Gasteiger partial charge in [0.1, 0.15) is 6.07 Å². The third-order valence-electron chi connectivity index (χ3n) is 3.06. The third-order valence-corrected chi connectivity index (χ3v) is 3.06. The van der Waals surface area contributed by atoms with Gasteiger partial charge in [0.05, 0.1) is 22.5 Å². The minimum absolute atomic E-state index is 0.0560. The summed E-state index contributed by atoms with van der Waals surface area (Å²) in [7, 11) is 0. The zero-order chi connectivity index (χ0) is 20.1. The fourth-order valence-electron chi connectivity index (χ4n) is 1.74. The minimum Gasteiger partial charge on any atom is -0.276 e. The molecular formula is C16H9F6N5. The van der Waals surface area contributed by atoms with Gasteiger partial charge < -0.3 is 0 Å². The molecule has 0 aliphatic rings. The number of nitrogens with zero attached hydrogens (tertiary/aromatic N) is 4. The van der Waals surface area contributed by atoms with Crippen LogP contribution in [0.5, 0.6) is 0 Å². The minimum atomic E-state index is -4.49. The number of anilines is 1. The molecule has 11 heteroatoms. The van der Waals surface area contributed by atoms with E-state index in [1.54, 1.807) is 6.07 Å². The summed E-state index contributed by atoms with van der Waals surface area (Å²) >= 11 is 0. The fourth-order valence-corrected chi connectivity index (χ4v) is 1.74. The Morgan fingerprint density at radius 3 is 1.74 bits per heavy atom. The van der Waals surface area contributed by atoms with Gasteiger partial charge in [0.25, 0.3) is 5.84 Å². The zero-order valence-electron chi connectivity index (χ0n) is 13.2. The van der Waals surface area contributed by atoms with Crippen molar-refractivity contribution in [2.75, 3.05) is 5.43 Å². The van der Waals surface area contributed by atoms with Crippen LogP contribution in [0.25, 0.3) is 0 Å². The number of alkyl halides is 6. The van der Waals surface area contributed by atoms with Gasteiger partial charge in [-0.2, -0.15) is 31.6 Å². The van der Waals surface area contributed by atoms with Crippen molar-refractivity contribution in [2.45, 2.75) is 12.4 Å². The van der Waals surface area contributed by atoms with E-state index in [-0.39, 0.29) is 11.4 Å². The Labute approximate surface area is 148 Å². The van der Waals surface area contributed by atoms with Gasteiger partial charge >= 0.3 is 12.4 Å². The average Bonchev–Trinajstić information content (AvgIpc) is 2.61. The monoisotopic (exact) mass is 385 g/mol. The number of benzene rings is 2. The summed E-state index contributed by atoms with van der Waals surface area (Å²) in [4.78, 5) is 0. The van der Waals surface area contributed by atoms with Crippen LogP contribution in [0.2, 0.25) is 0 Å². The maximum Gasteiger partial charge on any atom is 0.416 e. The molecular weight excluding hydrogens is 376 g/mol. The van der Waals surface area contributed by atoms with Gasteiger partial charge in [-0.05, 0) is 48.5 Å². The van der Waals surface area contributed by atoms with Crippen LogP contribution in [-0.2, 0) is 12.4 Å². The largest absolute Gasteiger partial charge is 0.416 e. The molecule has 5 nitrogen and oxygen atoms in total. The molecule has 0 aliphatic heterocycles. The van der Waals surface area contributed by atoms with Crippen LogP contribution in [0.3, 0.4) is 0 Å². The van der Waals surface area contributed by atoms with Gasteiger partial charge in [-0.15, -0.1) is 15.3 Å². The Balaban J connectivity index is 2.06. The lowest BCUT2D eigenvalue weighted by molar-refractivity contribution is -0.138. The molecule has 0 spiro atoms. The summed E-state index contributed by atoms with van der Waals surface area (Å²) in [5, 5.41) is 19.5. The van der Waals surface area contributed by atoms with Gasteiger partial charge in [0.15, 0.2) is 0 Å². The maximum absolute atomic E-state index is 12.5. The molecule has 2 aromatic rings. The van der Waals surface area contributed by atoms with Crippen molar-refractivity contribution in [3.8, 4) is 6.07 Å². The van der Waals surface area contributed by atoms with Crippen molar-refractivity contribution >= 4 is 17.2 Å². The van der Waals surface area contributed by atoms with Crippen molar-refractivity contribution < 1.29 is 26.3 Å². The topological polar surface area (TPSA) is 72.9 Å². The second-order valence-corrected chi connectivity index (χ2v) is 4.98. The maximum atomic E-state index is 12.5. The summed E-state index contributed by atoms with van der Waals surface area (Å²) in [6, 6.07) is 9.17. The molecule has 140 valence electrons. The summed E-state index contributed by atoms with van der Waals surface area (Å²) in [6.45, 7) is 0. The van der Waals surface area contributed by atoms with Crippen LogP contribution in [0, 0.1) is 11.3 Å². The highest BCUT2D eigenvalue weighted by molar-refractivity contribution is 5.97. The number of hydrogen-bond donors (Lipinski definition) is 1. The van der Waals surface area contributed by atoms with Crippen molar-refractivity contribution in [1.82, 2.24) is 0 Å². The normalized spacial score (nSPS) is 12.9. The number of rotatable bonds is 3. The van der Waals surface area contributed by atoms with Crippen LogP contribution in [-0.4, -0.2) is 5.84 Å². The molecule has 0 atom stereocenters. The van der Waals surface area contributed by atoms with E-state index in [0.29, 0.717) is 0 Å². The Bertz CT molecular complexity index is 874. The average molecular weight is 385 g/mol. The molecule has 0 unspecified atom stereocenters. The number of nitriles is 1. The zero-order valence-corrected chi connectivity index (χ0v) is 13.2. The highest BCUT2D eigenvalue weighted by Gasteiger charge is 2.30. The van der Waals surface area contributed by atoms with E-state index in [4.69, 9.17) is 5.26 Å². The van der Waals surface area contributed by atoms with Gasteiger partial charge in [-0.1, -0.05) is 0 Å². The van der Waals surface area contributed by atoms with Crippen LogP contribution < -0.4 is 5.43 Å². The SMILES string of the molecule is N#C/C(N=Nc1ccc(C(F)(F)F)cc1)=N/Nc1ccc(C(F)(F)F)cc1. The molecule has 0 bridgehead atoms. The Kier molecular flexibility index (Phi) is 5.79. The number of amidine groups is 1. The van der Waals surface area contributed by atoms with E-state index in [9.17, 15) is 26.3 Å². The van der Waals surface area contributed by atoms with E-state index < -0.39 is 29.3 Å². The number of halogens is 6. The molecule has 0 fully saturated rings. The molecule has 27 heavy (non-hydrogen) atoms. The quantitative estimate of drug-likeness (QED) is 0.240. The van der Waals surface area contributed by atoms with Crippen molar-refractivity contribution in [2.24, 2.45) is 15.3 Å². The number of hydrogen-bond acceptors (Lipinski definition) is 4. The lowest BCUT2D eigenvalue weighted by Gasteiger charge is -2.07. The van der Waals surface area contributed by atoms with Crippen molar-refractivity contribution in [1.29, 1.82) is 5.26 Å². The van der Waals surface area contributed by atoms with E-state index in [1.165, 1.54) is 0 Å². The Morgan fingerprint density at radius 2 is 1.30 bits per heavy atom. The second kappa shape index (κ2) is 7.86. The second-order valence-electron chi connectivity index (χ2n) is 4.98. The molecule has 2 rings (SSSR count). The van der Waals surface area contributed by atoms with Gasteiger partial charge in [0.2, 0.25) is 0 Å². The predicted molar refractivity (Wildman–Crippen MR) is 84.1 cm³/mol. The highest BCUT2D eigenvalue weighted by Crippen LogP contribution is 2.31. The molecule has 0 heterocycles. The molecule has 0 aliphatic carbocycles. The lowest BCUT2D eigenvalue weighted by Crippen LogP contribution is -2.04. The van der Waals surface area contributed by atoms with Crippen LogP contribution >= 0.6 is 0 Å². The summed E-state index contributed by atoms with van der Waals surface area (Å²) < 4.78 is 74.7. The van der Waals surface area contributed by atoms with Crippen LogP contribution in [0.15, 0.2) is 63.9 Å². The first-order chi connectivity index (χ1) is 12.6. The molecule has 0 radical (unpaired) electrons. The molecule has 1 N–H and O–H groups in total. The summed E-state index contributed by atoms with van der Waals surface area (Å²) in [5.74, 6) is -0.477. The van der Waals surface area contributed by atoms with Crippen molar-refractivity contribution in [3.63, 3.8) is 0 Å². The Hall–Kier alpha value is -3.42. The first-order valence-electron chi connectivity index (χ1n) is 7.09. The van der Waals surface area contributed by atoms with Gasteiger partial charge in [-0.25, -0.2) is 0 Å². The first-order valence-corrected chi connectivity index (χ1v) is 7.09. The Morgan fingerprint density at radius 1 is 0.815 bits per heavy atom. The van der Waals surface area contributed by atoms with E-state index in [1.807, 2.05) is 0 Å². The van der Waals surface area contributed by atoms with E-state index in [2.05, 4.69) is 20.8 Å². The van der Waals surface area contributed by atoms with Crippen molar-refractivity contribution in [3.05, 3.63) is 59.7 Å². The predicted octanol–water partition coefficient (Wildman–Crippen LogP) is 5.76. The van der Waals surface area contributed by atoms with Crippen LogP contribution in [0.1, 0.15) is 11.1 Å². The molecule has 0 saturated heterocycles.